The highest BCUT2D eigenvalue weighted by Crippen LogP contribution is 2.31. The van der Waals surface area contributed by atoms with Gasteiger partial charge in [-0.05, 0) is 39.4 Å². The van der Waals surface area contributed by atoms with Gasteiger partial charge in [0.1, 0.15) is 11.9 Å². The molecule has 1 aromatic rings. The molecule has 1 aromatic carbocycles. The molecule has 0 fully saturated rings. The number of aromatic hydroxyl groups is 1. The lowest BCUT2D eigenvalue weighted by Gasteiger charge is -2.38. The molecule has 1 aliphatic heterocycles. The number of likely N-dealkylation sites (N-methyl/N-ethyl adjacent to an activating group) is 1. The average molecular weight is 353 g/mol. The van der Waals surface area contributed by atoms with Gasteiger partial charge in [0.05, 0.1) is 0 Å². The predicted molar refractivity (Wildman–Crippen MR) is 103 cm³/mol. The number of carbonyl (C=O) groups is 1. The first-order valence-electron chi connectivity index (χ1n) is 9.09. The molecule has 0 spiro atoms. The van der Waals surface area contributed by atoms with Crippen molar-refractivity contribution in [2.75, 3.05) is 27.2 Å². The van der Waals surface area contributed by atoms with Crippen LogP contribution in [-0.2, 0) is 4.79 Å². The third-order valence-electron chi connectivity index (χ3n) is 4.71. The Labute approximate surface area is 155 Å². The minimum atomic E-state index is -0.358. The van der Waals surface area contributed by atoms with Gasteiger partial charge in [0.25, 0.3) is 0 Å². The molecule has 1 heterocycles. The molecule has 26 heavy (non-hydrogen) atoms. The van der Waals surface area contributed by atoms with Gasteiger partial charge in [-0.1, -0.05) is 42.0 Å². The van der Waals surface area contributed by atoms with Gasteiger partial charge in [0.2, 0.25) is 5.91 Å². The van der Waals surface area contributed by atoms with E-state index in [9.17, 15) is 9.90 Å². The number of phenolic OH excluding ortho intramolecular Hbond substituents is 1. The molecule has 0 bridgehead atoms. The minimum absolute atomic E-state index is 0.0131. The summed E-state index contributed by atoms with van der Waals surface area (Å²) in [7, 11) is 3.94. The molecule has 3 rings (SSSR count). The number of carbonyl (C=O) groups excluding carboxylic acids is 1. The third kappa shape index (κ3) is 4.35. The molecule has 2 aliphatic rings. The fraction of sp³-hybridized carbons (Fsp3) is 0.381. The van der Waals surface area contributed by atoms with Crippen molar-refractivity contribution in [2.45, 2.75) is 25.4 Å². The van der Waals surface area contributed by atoms with Gasteiger partial charge >= 0.3 is 0 Å². The number of phenols is 1. The van der Waals surface area contributed by atoms with Crippen LogP contribution in [0.25, 0.3) is 0 Å². The number of hydrogen-bond acceptors (Lipinski definition) is 4. The Hall–Kier alpha value is -2.53. The van der Waals surface area contributed by atoms with Crippen molar-refractivity contribution in [2.24, 2.45) is 0 Å². The molecule has 1 amide bonds. The number of nitrogens with one attached hydrogen (secondary N) is 1. The van der Waals surface area contributed by atoms with E-state index in [1.165, 1.54) is 5.57 Å². The van der Waals surface area contributed by atoms with Gasteiger partial charge in [-0.25, -0.2) is 0 Å². The van der Waals surface area contributed by atoms with Crippen LogP contribution >= 0.6 is 0 Å². The van der Waals surface area contributed by atoms with E-state index in [1.54, 1.807) is 18.2 Å². The quantitative estimate of drug-likeness (QED) is 0.826. The second-order valence-electron chi connectivity index (χ2n) is 7.09. The van der Waals surface area contributed by atoms with Crippen molar-refractivity contribution in [3.05, 3.63) is 65.4 Å². The second-order valence-corrected chi connectivity index (χ2v) is 7.09. The highest BCUT2D eigenvalue weighted by atomic mass is 16.3. The minimum Gasteiger partial charge on any atom is -0.508 e. The van der Waals surface area contributed by atoms with Crippen LogP contribution < -0.4 is 5.32 Å². The van der Waals surface area contributed by atoms with E-state index in [0.717, 1.165) is 30.5 Å². The molecule has 1 aliphatic carbocycles. The zero-order valence-electron chi connectivity index (χ0n) is 15.5. The Morgan fingerprint density at radius 3 is 2.81 bits per heavy atom. The van der Waals surface area contributed by atoms with Gasteiger partial charge in [0.15, 0.2) is 0 Å². The summed E-state index contributed by atoms with van der Waals surface area (Å²) in [5.74, 6) is 0.189. The lowest BCUT2D eigenvalue weighted by molar-refractivity contribution is -0.130. The first kappa shape index (κ1) is 18.3. The third-order valence-corrected chi connectivity index (χ3v) is 4.71. The molecule has 0 aromatic heterocycles. The molecule has 1 atom stereocenters. The van der Waals surface area contributed by atoms with Crippen molar-refractivity contribution in [1.82, 2.24) is 15.1 Å². The van der Waals surface area contributed by atoms with Crippen LogP contribution in [0, 0.1) is 0 Å². The Kier molecular flexibility index (Phi) is 5.78. The SMILES string of the molecule is CN(C)CC1=CC(=O)N(CCC2=CC=CCC2)C(c2ccccc2O)N1. The van der Waals surface area contributed by atoms with Crippen LogP contribution in [-0.4, -0.2) is 48.0 Å². The smallest absolute Gasteiger partial charge is 0.250 e. The molecular weight excluding hydrogens is 326 g/mol. The normalized spacial score (nSPS) is 20.0. The molecule has 0 saturated heterocycles. The van der Waals surface area contributed by atoms with E-state index in [0.29, 0.717) is 13.1 Å². The molecular formula is C21H27N3O2. The summed E-state index contributed by atoms with van der Waals surface area (Å²) >= 11 is 0. The van der Waals surface area contributed by atoms with E-state index in [-0.39, 0.29) is 17.8 Å². The van der Waals surface area contributed by atoms with Gasteiger partial charge in [0, 0.05) is 30.4 Å². The number of amides is 1. The van der Waals surface area contributed by atoms with Crippen LogP contribution in [0.5, 0.6) is 5.75 Å². The second kappa shape index (κ2) is 8.23. The largest absolute Gasteiger partial charge is 0.508 e. The number of nitrogens with zero attached hydrogens (tertiary/aromatic N) is 2. The number of benzene rings is 1. The van der Waals surface area contributed by atoms with Crippen LogP contribution in [0.4, 0.5) is 0 Å². The number of allylic oxidation sites excluding steroid dienone is 3. The molecule has 5 nitrogen and oxygen atoms in total. The van der Waals surface area contributed by atoms with Crippen molar-refractivity contribution < 1.29 is 9.90 Å². The standard InChI is InChI=1S/C21H27N3O2/c1-23(2)15-17-14-20(26)24(13-12-16-8-4-3-5-9-16)21(22-17)18-10-6-7-11-19(18)25/h3-4,6-8,10-11,14,21-22,25H,5,9,12-13,15H2,1-2H3. The lowest BCUT2D eigenvalue weighted by Crippen LogP contribution is -2.47. The Morgan fingerprint density at radius 1 is 1.31 bits per heavy atom. The van der Waals surface area contributed by atoms with Crippen molar-refractivity contribution >= 4 is 5.91 Å². The van der Waals surface area contributed by atoms with E-state index in [4.69, 9.17) is 0 Å². The van der Waals surface area contributed by atoms with Gasteiger partial charge in [-0.2, -0.15) is 0 Å². The monoisotopic (exact) mass is 353 g/mol. The van der Waals surface area contributed by atoms with E-state index in [1.807, 2.05) is 36.0 Å². The predicted octanol–water partition coefficient (Wildman–Crippen LogP) is 2.93. The maximum atomic E-state index is 12.8. The van der Waals surface area contributed by atoms with E-state index < -0.39 is 0 Å². The fourth-order valence-electron chi connectivity index (χ4n) is 3.41. The van der Waals surface area contributed by atoms with Crippen LogP contribution in [0.1, 0.15) is 31.0 Å². The Balaban J connectivity index is 1.84. The van der Waals surface area contributed by atoms with Gasteiger partial charge in [-0.15, -0.1) is 0 Å². The Morgan fingerprint density at radius 2 is 2.12 bits per heavy atom. The fourth-order valence-corrected chi connectivity index (χ4v) is 3.41. The summed E-state index contributed by atoms with van der Waals surface area (Å²) in [5, 5.41) is 13.8. The summed E-state index contributed by atoms with van der Waals surface area (Å²) in [6.07, 6.45) is 10.7. The molecule has 138 valence electrons. The summed E-state index contributed by atoms with van der Waals surface area (Å²) in [4.78, 5) is 16.7. The summed E-state index contributed by atoms with van der Waals surface area (Å²) in [5.41, 5.74) is 2.95. The molecule has 0 radical (unpaired) electrons. The first-order valence-corrected chi connectivity index (χ1v) is 9.09. The zero-order valence-corrected chi connectivity index (χ0v) is 15.5. The van der Waals surface area contributed by atoms with Crippen molar-refractivity contribution in [1.29, 1.82) is 0 Å². The number of hydrogen-bond donors (Lipinski definition) is 2. The number of para-hydroxylation sites is 1. The molecule has 5 heteroatoms. The Bertz CT molecular complexity index is 749. The summed E-state index contributed by atoms with van der Waals surface area (Å²) in [6.45, 7) is 1.27. The van der Waals surface area contributed by atoms with Crippen LogP contribution in [0.15, 0.2) is 59.8 Å². The van der Waals surface area contributed by atoms with Crippen molar-refractivity contribution in [3.8, 4) is 5.75 Å². The highest BCUT2D eigenvalue weighted by molar-refractivity contribution is 5.89. The van der Waals surface area contributed by atoms with E-state index >= 15 is 0 Å². The molecule has 1 unspecified atom stereocenters. The summed E-state index contributed by atoms with van der Waals surface area (Å²) in [6, 6.07) is 7.22. The lowest BCUT2D eigenvalue weighted by atomic mass is 10.0. The first-order chi connectivity index (χ1) is 12.5. The van der Waals surface area contributed by atoms with Crippen LogP contribution in [0.2, 0.25) is 0 Å². The maximum absolute atomic E-state index is 12.8. The van der Waals surface area contributed by atoms with E-state index in [2.05, 4.69) is 23.5 Å². The molecule has 2 N–H and O–H groups in total. The van der Waals surface area contributed by atoms with Crippen LogP contribution in [0.3, 0.4) is 0 Å². The summed E-state index contributed by atoms with van der Waals surface area (Å²) < 4.78 is 0. The zero-order chi connectivity index (χ0) is 18.5. The van der Waals surface area contributed by atoms with Gasteiger partial charge in [-0.3, -0.25) is 4.79 Å². The van der Waals surface area contributed by atoms with Gasteiger partial charge < -0.3 is 20.2 Å². The highest BCUT2D eigenvalue weighted by Gasteiger charge is 2.30. The average Bonchev–Trinajstić information content (AvgIpc) is 2.61. The topological polar surface area (TPSA) is 55.8 Å². The maximum Gasteiger partial charge on any atom is 0.250 e. The number of rotatable bonds is 6. The molecule has 0 saturated carbocycles. The van der Waals surface area contributed by atoms with Crippen molar-refractivity contribution in [3.63, 3.8) is 0 Å².